The molecule has 1 heterocycles. The second-order valence-corrected chi connectivity index (χ2v) is 4.90. The lowest BCUT2D eigenvalue weighted by atomic mass is 9.91. The van der Waals surface area contributed by atoms with E-state index in [1.807, 2.05) is 19.0 Å². The molecule has 0 saturated carbocycles. The van der Waals surface area contributed by atoms with Gasteiger partial charge in [-0.1, -0.05) is 36.3 Å². The number of rotatable bonds is 6. The number of hydrogen-bond acceptors (Lipinski definition) is 3. The Hall–Kier alpha value is -1.71. The molecule has 0 amide bonds. The minimum absolute atomic E-state index is 0.0935. The van der Waals surface area contributed by atoms with Crippen molar-refractivity contribution in [2.45, 2.75) is 12.5 Å². The van der Waals surface area contributed by atoms with E-state index in [2.05, 4.69) is 4.98 Å². The molecule has 3 heteroatoms. The SMILES string of the molecule is [2H]c1c([2H])c([2H])c(C(C)(OCCN(C)C)c2ccccn2)c([2H])c1[2H]. The first-order chi connectivity index (χ1) is 11.7. The molecule has 0 aliphatic heterocycles. The van der Waals surface area contributed by atoms with Gasteiger partial charge in [0.1, 0.15) is 5.60 Å². The summed E-state index contributed by atoms with van der Waals surface area (Å²) in [4.78, 5) is 6.26. The van der Waals surface area contributed by atoms with E-state index < -0.39 is 11.6 Å². The van der Waals surface area contributed by atoms with Gasteiger partial charge in [0, 0.05) is 12.7 Å². The monoisotopic (exact) mass is 275 g/mol. The number of benzene rings is 1. The summed E-state index contributed by atoms with van der Waals surface area (Å²) < 4.78 is 46.2. The summed E-state index contributed by atoms with van der Waals surface area (Å²) in [5.74, 6) is 0. The molecule has 0 aliphatic rings. The summed E-state index contributed by atoms with van der Waals surface area (Å²) in [6.07, 6.45) is 1.60. The third-order valence-corrected chi connectivity index (χ3v) is 3.06. The standard InChI is InChI=1S/C17H22N2O/c1-17(20-14-13-19(2)3,15-9-5-4-6-10-15)16-11-7-8-12-18-16/h4-12H,13-14H2,1-3H3/i4D,5D,6D,9D,10D. The Morgan fingerprint density at radius 2 is 2.00 bits per heavy atom. The molecule has 1 atom stereocenters. The normalized spacial score (nSPS) is 17.7. The molecule has 106 valence electrons. The van der Waals surface area contributed by atoms with Crippen LogP contribution < -0.4 is 0 Å². The zero-order valence-corrected chi connectivity index (χ0v) is 12.0. The van der Waals surface area contributed by atoms with Crippen LogP contribution in [0.3, 0.4) is 0 Å². The van der Waals surface area contributed by atoms with E-state index >= 15 is 0 Å². The van der Waals surface area contributed by atoms with Gasteiger partial charge in [-0.05, 0) is 38.7 Å². The fraction of sp³-hybridized carbons (Fsp3) is 0.353. The van der Waals surface area contributed by atoms with Gasteiger partial charge in [-0.2, -0.15) is 0 Å². The molecule has 0 spiro atoms. The lowest BCUT2D eigenvalue weighted by molar-refractivity contribution is -0.0131. The minimum atomic E-state index is -1.26. The van der Waals surface area contributed by atoms with Gasteiger partial charge in [-0.15, -0.1) is 0 Å². The van der Waals surface area contributed by atoms with Crippen LogP contribution in [0.25, 0.3) is 0 Å². The summed E-state index contributed by atoms with van der Waals surface area (Å²) >= 11 is 0. The molecule has 0 saturated heterocycles. The highest BCUT2D eigenvalue weighted by molar-refractivity contribution is 5.31. The second kappa shape index (κ2) is 6.64. The van der Waals surface area contributed by atoms with Crippen LogP contribution in [0.15, 0.2) is 54.6 Å². The highest BCUT2D eigenvalue weighted by Crippen LogP contribution is 2.31. The van der Waals surface area contributed by atoms with Crippen LogP contribution in [0, 0.1) is 0 Å². The van der Waals surface area contributed by atoms with Crippen molar-refractivity contribution in [1.82, 2.24) is 9.88 Å². The predicted octanol–water partition coefficient (Wildman–Crippen LogP) is 2.92. The Labute approximate surface area is 128 Å². The zero-order chi connectivity index (χ0) is 18.8. The summed E-state index contributed by atoms with van der Waals surface area (Å²) in [6.45, 7) is 2.64. The van der Waals surface area contributed by atoms with Gasteiger partial charge in [0.2, 0.25) is 0 Å². The van der Waals surface area contributed by atoms with Crippen LogP contribution in [0.2, 0.25) is 0 Å². The van der Waals surface area contributed by atoms with E-state index in [-0.39, 0.29) is 29.7 Å². The van der Waals surface area contributed by atoms with Gasteiger partial charge in [0.15, 0.2) is 0 Å². The van der Waals surface area contributed by atoms with Crippen molar-refractivity contribution in [3.63, 3.8) is 0 Å². The topological polar surface area (TPSA) is 25.4 Å². The molecule has 20 heavy (non-hydrogen) atoms. The molecule has 2 aromatic rings. The lowest BCUT2D eigenvalue weighted by Crippen LogP contribution is -2.32. The maximum Gasteiger partial charge on any atom is 0.132 e. The van der Waals surface area contributed by atoms with E-state index in [0.29, 0.717) is 18.8 Å². The van der Waals surface area contributed by atoms with Gasteiger partial charge >= 0.3 is 0 Å². The van der Waals surface area contributed by atoms with Crippen molar-refractivity contribution >= 4 is 0 Å². The quantitative estimate of drug-likeness (QED) is 0.810. The highest BCUT2D eigenvalue weighted by atomic mass is 16.5. The van der Waals surface area contributed by atoms with E-state index in [0.717, 1.165) is 0 Å². The van der Waals surface area contributed by atoms with Gasteiger partial charge in [0.05, 0.1) is 19.2 Å². The van der Waals surface area contributed by atoms with Gasteiger partial charge in [0.25, 0.3) is 0 Å². The van der Waals surface area contributed by atoms with Crippen molar-refractivity contribution < 1.29 is 11.6 Å². The van der Waals surface area contributed by atoms with Crippen LogP contribution in [0.1, 0.15) is 25.0 Å². The van der Waals surface area contributed by atoms with Crippen molar-refractivity contribution in [1.29, 1.82) is 0 Å². The predicted molar refractivity (Wildman–Crippen MR) is 81.6 cm³/mol. The molecule has 0 fully saturated rings. The summed E-state index contributed by atoms with van der Waals surface area (Å²) in [7, 11) is 3.82. The van der Waals surface area contributed by atoms with Crippen LogP contribution >= 0.6 is 0 Å². The van der Waals surface area contributed by atoms with E-state index in [9.17, 15) is 0 Å². The smallest absolute Gasteiger partial charge is 0.132 e. The Morgan fingerprint density at radius 3 is 2.60 bits per heavy atom. The number of nitrogens with zero attached hydrogens (tertiary/aromatic N) is 2. The Kier molecular flexibility index (Phi) is 3.08. The molecule has 1 aromatic heterocycles. The fourth-order valence-electron chi connectivity index (χ4n) is 1.84. The molecule has 0 bridgehead atoms. The first kappa shape index (κ1) is 9.27. The van der Waals surface area contributed by atoms with Gasteiger partial charge in [-0.3, -0.25) is 4.98 Å². The third-order valence-electron chi connectivity index (χ3n) is 3.06. The maximum atomic E-state index is 8.27. The molecular formula is C17H22N2O. The third kappa shape index (κ3) is 3.44. The molecule has 2 rings (SSSR count). The fourth-order valence-corrected chi connectivity index (χ4v) is 1.84. The average Bonchev–Trinajstić information content (AvgIpc) is 2.59. The van der Waals surface area contributed by atoms with Crippen molar-refractivity contribution in [3.05, 3.63) is 65.9 Å². The maximum absolute atomic E-state index is 8.27. The largest absolute Gasteiger partial charge is 0.363 e. The Bertz CT molecular complexity index is 725. The second-order valence-electron chi connectivity index (χ2n) is 4.90. The first-order valence-electron chi connectivity index (χ1n) is 8.97. The van der Waals surface area contributed by atoms with Crippen LogP contribution in [-0.4, -0.2) is 37.1 Å². The minimum Gasteiger partial charge on any atom is -0.363 e. The summed E-state index contributed by atoms with van der Waals surface area (Å²) in [5, 5.41) is 0. The summed E-state index contributed by atoms with van der Waals surface area (Å²) in [5.41, 5.74) is -0.673. The molecular weight excluding hydrogens is 248 g/mol. The molecule has 0 N–H and O–H groups in total. The number of ether oxygens (including phenoxy) is 1. The molecule has 3 nitrogen and oxygen atoms in total. The lowest BCUT2D eigenvalue weighted by Gasteiger charge is -2.30. The zero-order valence-electron chi connectivity index (χ0n) is 17.0. The van der Waals surface area contributed by atoms with Crippen LogP contribution in [0.5, 0.6) is 0 Å². The average molecular weight is 275 g/mol. The molecule has 0 radical (unpaired) electrons. The molecule has 1 unspecified atom stereocenters. The number of pyridine rings is 1. The van der Waals surface area contributed by atoms with Crippen molar-refractivity contribution in [2.75, 3.05) is 27.2 Å². The Balaban J connectivity index is 2.65. The van der Waals surface area contributed by atoms with Crippen LogP contribution in [-0.2, 0) is 10.3 Å². The van der Waals surface area contributed by atoms with Crippen LogP contribution in [0.4, 0.5) is 0 Å². The number of likely N-dealkylation sites (N-methyl/N-ethyl adjacent to an activating group) is 1. The van der Waals surface area contributed by atoms with Gasteiger partial charge in [-0.25, -0.2) is 0 Å². The number of aromatic nitrogens is 1. The molecule has 0 aliphatic carbocycles. The van der Waals surface area contributed by atoms with Gasteiger partial charge < -0.3 is 9.64 Å². The number of hydrogen-bond donors (Lipinski definition) is 0. The van der Waals surface area contributed by atoms with Crippen molar-refractivity contribution in [2.24, 2.45) is 0 Å². The first-order valence-corrected chi connectivity index (χ1v) is 6.47. The van der Waals surface area contributed by atoms with E-state index in [1.165, 1.54) is 0 Å². The summed E-state index contributed by atoms with van der Waals surface area (Å²) in [6, 6.07) is 3.54. The van der Waals surface area contributed by atoms with E-state index in [1.54, 1.807) is 31.3 Å². The van der Waals surface area contributed by atoms with Crippen molar-refractivity contribution in [3.8, 4) is 0 Å². The van der Waals surface area contributed by atoms with E-state index in [4.69, 9.17) is 11.6 Å². The Morgan fingerprint density at radius 1 is 1.25 bits per heavy atom. The highest BCUT2D eigenvalue weighted by Gasteiger charge is 2.31. The molecule has 1 aromatic carbocycles.